The van der Waals surface area contributed by atoms with E-state index < -0.39 is 0 Å². The molecule has 24 heavy (non-hydrogen) atoms. The van der Waals surface area contributed by atoms with Gasteiger partial charge in [0.1, 0.15) is 6.33 Å². The first-order valence-corrected chi connectivity index (χ1v) is 8.48. The van der Waals surface area contributed by atoms with Crippen LogP contribution in [0, 0.1) is 0 Å². The molecule has 1 heterocycles. The highest BCUT2D eigenvalue weighted by Crippen LogP contribution is 2.34. The van der Waals surface area contributed by atoms with Crippen LogP contribution in [0.4, 0.5) is 5.69 Å². The monoisotopic (exact) mass is 338 g/mol. The number of benzene rings is 2. The zero-order chi connectivity index (χ0) is 16.9. The lowest BCUT2D eigenvalue weighted by atomic mass is 10.1. The molecule has 5 nitrogen and oxygen atoms in total. The van der Waals surface area contributed by atoms with E-state index in [-0.39, 0.29) is 11.2 Å². The Bertz CT molecular complexity index is 832. The summed E-state index contributed by atoms with van der Waals surface area (Å²) in [6.07, 6.45) is 1.69. The van der Waals surface area contributed by atoms with Crippen LogP contribution in [0.1, 0.15) is 28.1 Å². The molecule has 0 radical (unpaired) electrons. The van der Waals surface area contributed by atoms with Gasteiger partial charge < -0.3 is 9.88 Å². The number of nitrogens with zero attached hydrogens (tertiary/aromatic N) is 3. The average Bonchev–Trinajstić information content (AvgIpc) is 3.00. The van der Waals surface area contributed by atoms with Gasteiger partial charge in [0.25, 0.3) is 5.91 Å². The highest BCUT2D eigenvalue weighted by atomic mass is 32.2. The zero-order valence-corrected chi connectivity index (χ0v) is 14.3. The van der Waals surface area contributed by atoms with Gasteiger partial charge in [0.05, 0.1) is 0 Å². The number of anilines is 1. The number of carbonyl (C=O) groups is 1. The third kappa shape index (κ3) is 3.83. The fourth-order valence-corrected chi connectivity index (χ4v) is 3.17. The molecule has 0 saturated heterocycles. The molecule has 0 aliphatic rings. The first kappa shape index (κ1) is 16.3. The molecule has 0 spiro atoms. The van der Waals surface area contributed by atoms with Gasteiger partial charge in [-0.05, 0) is 36.8 Å². The van der Waals surface area contributed by atoms with Crippen molar-refractivity contribution in [2.75, 3.05) is 5.32 Å². The van der Waals surface area contributed by atoms with E-state index in [4.69, 9.17) is 0 Å². The van der Waals surface area contributed by atoms with Crippen molar-refractivity contribution in [3.63, 3.8) is 0 Å². The number of nitrogens with one attached hydrogen (secondary N) is 1. The van der Waals surface area contributed by atoms with Crippen molar-refractivity contribution in [1.82, 2.24) is 14.8 Å². The van der Waals surface area contributed by atoms with Crippen LogP contribution in [0.2, 0.25) is 0 Å². The fraction of sp³-hybridized carbons (Fsp3) is 0.167. The van der Waals surface area contributed by atoms with Crippen LogP contribution in [0.15, 0.2) is 66.1 Å². The lowest BCUT2D eigenvalue weighted by Gasteiger charge is -2.13. The fourth-order valence-electron chi connectivity index (χ4n) is 2.27. The maximum atomic E-state index is 12.3. The minimum absolute atomic E-state index is 0.110. The van der Waals surface area contributed by atoms with Gasteiger partial charge in [-0.1, -0.05) is 42.1 Å². The molecular formula is C18H18N4OS. The summed E-state index contributed by atoms with van der Waals surface area (Å²) in [4.78, 5) is 12.3. The molecule has 0 aliphatic heterocycles. The summed E-state index contributed by atoms with van der Waals surface area (Å²) in [5, 5.41) is 12.0. The van der Waals surface area contributed by atoms with Crippen molar-refractivity contribution in [3.05, 3.63) is 72.1 Å². The molecule has 0 bridgehead atoms. The number of hydrogen-bond acceptors (Lipinski definition) is 4. The van der Waals surface area contributed by atoms with E-state index in [0.29, 0.717) is 5.56 Å². The number of hydrogen-bond donors (Lipinski definition) is 1. The van der Waals surface area contributed by atoms with Gasteiger partial charge in [0.2, 0.25) is 0 Å². The molecule has 6 heteroatoms. The lowest BCUT2D eigenvalue weighted by molar-refractivity contribution is 0.102. The van der Waals surface area contributed by atoms with E-state index in [9.17, 15) is 4.79 Å². The first-order chi connectivity index (χ1) is 11.6. The number of amides is 1. The van der Waals surface area contributed by atoms with E-state index in [2.05, 4.69) is 22.4 Å². The normalized spacial score (nSPS) is 11.9. The Morgan fingerprint density at radius 2 is 1.96 bits per heavy atom. The number of aryl methyl sites for hydroxylation is 1. The van der Waals surface area contributed by atoms with Crippen molar-refractivity contribution >= 4 is 23.4 Å². The summed E-state index contributed by atoms with van der Waals surface area (Å²) >= 11 is 1.63. The first-order valence-electron chi connectivity index (χ1n) is 7.60. The topological polar surface area (TPSA) is 59.8 Å². The Morgan fingerprint density at radius 3 is 2.67 bits per heavy atom. The largest absolute Gasteiger partial charge is 0.322 e. The SMILES string of the molecule is C[C@@H](Sc1nncn1C)c1cccc(NC(=O)c2ccccc2)c1. The van der Waals surface area contributed by atoms with Crippen LogP contribution in [0.25, 0.3) is 0 Å². The van der Waals surface area contributed by atoms with E-state index in [0.717, 1.165) is 16.4 Å². The molecule has 122 valence electrons. The van der Waals surface area contributed by atoms with E-state index in [1.165, 1.54) is 0 Å². The third-order valence-corrected chi connectivity index (χ3v) is 4.81. The van der Waals surface area contributed by atoms with Crippen molar-refractivity contribution in [3.8, 4) is 0 Å². The molecule has 2 aromatic carbocycles. The second kappa shape index (κ2) is 7.31. The molecule has 0 unspecified atom stereocenters. The molecule has 1 amide bonds. The molecule has 0 saturated carbocycles. The highest BCUT2D eigenvalue weighted by Gasteiger charge is 2.12. The van der Waals surface area contributed by atoms with Crippen LogP contribution in [-0.2, 0) is 7.05 Å². The van der Waals surface area contributed by atoms with Crippen LogP contribution in [0.3, 0.4) is 0 Å². The Labute approximate surface area is 145 Å². The van der Waals surface area contributed by atoms with Crippen molar-refractivity contribution in [1.29, 1.82) is 0 Å². The molecule has 0 fully saturated rings. The molecular weight excluding hydrogens is 320 g/mol. The minimum Gasteiger partial charge on any atom is -0.322 e. The summed E-state index contributed by atoms with van der Waals surface area (Å²) in [6, 6.07) is 17.1. The predicted molar refractivity (Wildman–Crippen MR) is 96.1 cm³/mol. The quantitative estimate of drug-likeness (QED) is 0.716. The maximum absolute atomic E-state index is 12.3. The Hall–Kier alpha value is -2.60. The van der Waals surface area contributed by atoms with Crippen molar-refractivity contribution in [2.45, 2.75) is 17.3 Å². The Balaban J connectivity index is 1.72. The van der Waals surface area contributed by atoms with Gasteiger partial charge in [-0.2, -0.15) is 0 Å². The highest BCUT2D eigenvalue weighted by molar-refractivity contribution is 7.99. The Kier molecular flexibility index (Phi) is 4.96. The summed E-state index contributed by atoms with van der Waals surface area (Å²) in [5.74, 6) is -0.110. The number of aromatic nitrogens is 3. The van der Waals surface area contributed by atoms with Gasteiger partial charge in [-0.3, -0.25) is 4.79 Å². The van der Waals surface area contributed by atoms with Gasteiger partial charge in [-0.25, -0.2) is 0 Å². The average molecular weight is 338 g/mol. The van der Waals surface area contributed by atoms with Crippen molar-refractivity contribution in [2.24, 2.45) is 7.05 Å². The third-order valence-electron chi connectivity index (χ3n) is 3.60. The number of carbonyl (C=O) groups excluding carboxylic acids is 1. The Morgan fingerprint density at radius 1 is 1.17 bits per heavy atom. The molecule has 1 N–H and O–H groups in total. The number of thioether (sulfide) groups is 1. The minimum atomic E-state index is -0.110. The smallest absolute Gasteiger partial charge is 0.255 e. The second-order valence-corrected chi connectivity index (χ2v) is 6.74. The molecule has 1 aromatic heterocycles. The summed E-state index contributed by atoms with van der Waals surface area (Å²) in [5.41, 5.74) is 2.55. The van der Waals surface area contributed by atoms with Gasteiger partial charge in [0, 0.05) is 23.5 Å². The maximum Gasteiger partial charge on any atom is 0.255 e. The second-order valence-electron chi connectivity index (χ2n) is 5.43. The van der Waals surface area contributed by atoms with Gasteiger partial charge in [-0.15, -0.1) is 10.2 Å². The summed E-state index contributed by atoms with van der Waals surface area (Å²) in [6.45, 7) is 2.11. The molecule has 0 aliphatic carbocycles. The van der Waals surface area contributed by atoms with E-state index in [1.807, 2.05) is 54.1 Å². The molecule has 1 atom stereocenters. The lowest BCUT2D eigenvalue weighted by Crippen LogP contribution is -2.11. The molecule has 3 aromatic rings. The summed E-state index contributed by atoms with van der Waals surface area (Å²) < 4.78 is 1.89. The van der Waals surface area contributed by atoms with Crippen LogP contribution >= 0.6 is 11.8 Å². The predicted octanol–water partition coefficient (Wildman–Crippen LogP) is 3.92. The van der Waals surface area contributed by atoms with Crippen LogP contribution < -0.4 is 5.32 Å². The molecule has 3 rings (SSSR count). The van der Waals surface area contributed by atoms with E-state index in [1.54, 1.807) is 30.2 Å². The van der Waals surface area contributed by atoms with E-state index >= 15 is 0 Å². The number of rotatable bonds is 5. The zero-order valence-electron chi connectivity index (χ0n) is 13.5. The van der Waals surface area contributed by atoms with Crippen LogP contribution in [-0.4, -0.2) is 20.7 Å². The summed E-state index contributed by atoms with van der Waals surface area (Å²) in [7, 11) is 1.92. The van der Waals surface area contributed by atoms with Gasteiger partial charge in [0.15, 0.2) is 5.16 Å². The van der Waals surface area contributed by atoms with Crippen molar-refractivity contribution < 1.29 is 4.79 Å². The van der Waals surface area contributed by atoms with Gasteiger partial charge >= 0.3 is 0 Å². The standard InChI is InChI=1S/C18H18N4OS/c1-13(24-18-21-19-12-22(18)2)15-9-6-10-16(11-15)20-17(23)14-7-4-3-5-8-14/h3-13H,1-2H3,(H,20,23)/t13-/m1/s1. The van der Waals surface area contributed by atoms with Crippen LogP contribution in [0.5, 0.6) is 0 Å².